The minimum atomic E-state index is -1.30. The lowest BCUT2D eigenvalue weighted by Crippen LogP contribution is -2.56. The Labute approximate surface area is 182 Å². The molecule has 8 heteroatoms. The van der Waals surface area contributed by atoms with Crippen molar-refractivity contribution < 1.29 is 38.1 Å². The van der Waals surface area contributed by atoms with Gasteiger partial charge < -0.3 is 18.9 Å². The van der Waals surface area contributed by atoms with Gasteiger partial charge in [-0.05, 0) is 61.7 Å². The average Bonchev–Trinajstić information content (AvgIpc) is 2.80. The summed E-state index contributed by atoms with van der Waals surface area (Å²) in [4.78, 5) is 50.4. The third-order valence-corrected chi connectivity index (χ3v) is 8.23. The fourth-order valence-electron chi connectivity index (χ4n) is 6.38. The molecule has 0 aliphatic heterocycles. The summed E-state index contributed by atoms with van der Waals surface area (Å²) in [6.07, 6.45) is 6.69. The fourth-order valence-corrected chi connectivity index (χ4v) is 6.38. The van der Waals surface area contributed by atoms with Crippen LogP contribution in [0.3, 0.4) is 0 Å². The molecule has 3 rings (SSSR count). The second-order valence-corrected chi connectivity index (χ2v) is 9.35. The summed E-state index contributed by atoms with van der Waals surface area (Å²) in [7, 11) is 5.14. The van der Waals surface area contributed by atoms with Crippen molar-refractivity contribution in [1.29, 1.82) is 0 Å². The molecule has 0 spiro atoms. The van der Waals surface area contributed by atoms with Crippen LogP contribution in [-0.2, 0) is 38.1 Å². The van der Waals surface area contributed by atoms with Crippen molar-refractivity contribution in [3.63, 3.8) is 0 Å². The van der Waals surface area contributed by atoms with Gasteiger partial charge in [0.05, 0.1) is 28.4 Å². The van der Waals surface area contributed by atoms with Crippen LogP contribution in [0, 0.1) is 34.0 Å². The Balaban J connectivity index is 1.93. The topological polar surface area (TPSA) is 105 Å². The summed E-state index contributed by atoms with van der Waals surface area (Å²) in [6.45, 7) is 2.18. The van der Waals surface area contributed by atoms with Gasteiger partial charge in [-0.15, -0.1) is 0 Å². The molecule has 2 saturated carbocycles. The van der Waals surface area contributed by atoms with E-state index in [2.05, 4.69) is 6.92 Å². The Bertz CT molecular complexity index is 767. The number of hydrogen-bond donors (Lipinski definition) is 0. The largest absolute Gasteiger partial charge is 0.468 e. The van der Waals surface area contributed by atoms with Crippen molar-refractivity contribution in [3.05, 3.63) is 12.2 Å². The molecule has 0 bridgehead atoms. The minimum Gasteiger partial charge on any atom is -0.468 e. The predicted octanol–water partition coefficient (Wildman–Crippen LogP) is 2.44. The Morgan fingerprint density at radius 1 is 0.710 bits per heavy atom. The molecule has 8 nitrogen and oxygen atoms in total. The zero-order valence-corrected chi connectivity index (χ0v) is 18.9. The molecule has 172 valence electrons. The van der Waals surface area contributed by atoms with Crippen molar-refractivity contribution in [2.45, 2.75) is 45.4 Å². The molecule has 3 aliphatic carbocycles. The summed E-state index contributed by atoms with van der Waals surface area (Å²) in [6, 6.07) is 0. The Morgan fingerprint density at radius 3 is 1.68 bits per heavy atom. The first kappa shape index (κ1) is 23.3. The van der Waals surface area contributed by atoms with Crippen molar-refractivity contribution in [2.75, 3.05) is 28.4 Å². The highest BCUT2D eigenvalue weighted by atomic mass is 16.6. The van der Waals surface area contributed by atoms with Crippen LogP contribution < -0.4 is 0 Å². The van der Waals surface area contributed by atoms with E-state index in [9.17, 15) is 19.2 Å². The SMILES string of the molecule is COC(=O)C1(C(=O)OC)CC[C@H]2[C@H](C=C[C@H]3CC(C(=O)OC)(C(=O)OC)CC[C@@]32C)C1. The summed E-state index contributed by atoms with van der Waals surface area (Å²) in [5.41, 5.74) is -2.78. The zero-order chi connectivity index (χ0) is 23.0. The van der Waals surface area contributed by atoms with E-state index >= 15 is 0 Å². The maximum atomic E-state index is 12.6. The number of methoxy groups -OCH3 is 4. The van der Waals surface area contributed by atoms with Crippen LogP contribution in [0.2, 0.25) is 0 Å². The monoisotopic (exact) mass is 436 g/mol. The van der Waals surface area contributed by atoms with Gasteiger partial charge in [-0.25, -0.2) is 0 Å². The van der Waals surface area contributed by atoms with Crippen molar-refractivity contribution in [2.24, 2.45) is 34.0 Å². The molecule has 0 amide bonds. The minimum absolute atomic E-state index is 0.00282. The van der Waals surface area contributed by atoms with Crippen molar-refractivity contribution in [3.8, 4) is 0 Å². The van der Waals surface area contributed by atoms with Crippen LogP contribution in [0.25, 0.3) is 0 Å². The highest BCUT2D eigenvalue weighted by Gasteiger charge is 2.62. The first-order valence-electron chi connectivity index (χ1n) is 10.7. The molecular weight excluding hydrogens is 404 g/mol. The maximum absolute atomic E-state index is 12.6. The lowest BCUT2D eigenvalue weighted by atomic mass is 9.47. The quantitative estimate of drug-likeness (QED) is 0.286. The number of rotatable bonds is 4. The Hall–Kier alpha value is -2.38. The van der Waals surface area contributed by atoms with E-state index in [4.69, 9.17) is 18.9 Å². The number of ether oxygens (including phenoxy) is 4. The molecule has 0 unspecified atom stereocenters. The second-order valence-electron chi connectivity index (χ2n) is 9.35. The third-order valence-electron chi connectivity index (χ3n) is 8.23. The maximum Gasteiger partial charge on any atom is 0.323 e. The van der Waals surface area contributed by atoms with Crippen LogP contribution in [0.1, 0.15) is 45.4 Å². The molecule has 4 atom stereocenters. The normalized spacial score (nSPS) is 32.6. The molecule has 0 radical (unpaired) electrons. The first-order chi connectivity index (χ1) is 14.6. The van der Waals surface area contributed by atoms with E-state index < -0.39 is 34.7 Å². The van der Waals surface area contributed by atoms with Gasteiger partial charge >= 0.3 is 23.9 Å². The number of allylic oxidation sites excluding steroid dienone is 2. The van der Waals surface area contributed by atoms with Crippen LogP contribution in [0.15, 0.2) is 12.2 Å². The molecule has 0 aromatic heterocycles. The van der Waals surface area contributed by atoms with Gasteiger partial charge in [-0.2, -0.15) is 0 Å². The average molecular weight is 437 g/mol. The number of hydrogen-bond acceptors (Lipinski definition) is 8. The fraction of sp³-hybridized carbons (Fsp3) is 0.739. The molecule has 2 fully saturated rings. The summed E-state index contributed by atoms with van der Waals surface area (Å²) < 4.78 is 19.9. The molecule has 3 aliphatic rings. The predicted molar refractivity (Wildman–Crippen MR) is 108 cm³/mol. The van der Waals surface area contributed by atoms with Crippen LogP contribution in [-0.4, -0.2) is 52.3 Å². The van der Waals surface area contributed by atoms with Crippen LogP contribution >= 0.6 is 0 Å². The van der Waals surface area contributed by atoms with Gasteiger partial charge in [-0.1, -0.05) is 19.1 Å². The van der Waals surface area contributed by atoms with E-state index in [1.165, 1.54) is 28.4 Å². The molecular formula is C23H32O8. The highest BCUT2D eigenvalue weighted by Crippen LogP contribution is 2.62. The second kappa shape index (κ2) is 8.28. The van der Waals surface area contributed by atoms with E-state index in [1.54, 1.807) is 0 Å². The molecule has 0 saturated heterocycles. The smallest absolute Gasteiger partial charge is 0.323 e. The van der Waals surface area contributed by atoms with E-state index in [0.717, 1.165) is 0 Å². The standard InChI is InChI=1S/C23H32O8/c1-21-10-11-23(19(26)30-4,20(27)31-5)13-15(21)7-6-14-12-22(17(24)28-2,18(25)29-3)9-8-16(14)21/h6-7,14-16H,8-13H2,1-5H3/t14-,15+,16+,21+/m1/s1. The number of carbonyl (C=O) groups is 4. The van der Waals surface area contributed by atoms with Gasteiger partial charge in [0.2, 0.25) is 0 Å². The lowest BCUT2D eigenvalue weighted by Gasteiger charge is -2.57. The molecule has 0 heterocycles. The van der Waals surface area contributed by atoms with Crippen LogP contribution in [0.5, 0.6) is 0 Å². The first-order valence-corrected chi connectivity index (χ1v) is 10.7. The molecule has 0 aromatic rings. The molecule has 0 aromatic carbocycles. The van der Waals surface area contributed by atoms with Crippen molar-refractivity contribution >= 4 is 23.9 Å². The van der Waals surface area contributed by atoms with E-state index in [0.29, 0.717) is 38.5 Å². The number of carbonyl (C=O) groups excluding carboxylic acids is 4. The van der Waals surface area contributed by atoms with E-state index in [-0.39, 0.29) is 23.2 Å². The van der Waals surface area contributed by atoms with Crippen LogP contribution in [0.4, 0.5) is 0 Å². The van der Waals surface area contributed by atoms with Crippen molar-refractivity contribution in [1.82, 2.24) is 0 Å². The Morgan fingerprint density at radius 2 is 1.19 bits per heavy atom. The Kier molecular flexibility index (Phi) is 6.22. The summed E-state index contributed by atoms with van der Waals surface area (Å²) >= 11 is 0. The number of esters is 4. The van der Waals surface area contributed by atoms with Gasteiger partial charge in [0.15, 0.2) is 10.8 Å². The van der Waals surface area contributed by atoms with E-state index in [1.807, 2.05) is 12.2 Å². The summed E-state index contributed by atoms with van der Waals surface area (Å²) in [5, 5.41) is 0. The third kappa shape index (κ3) is 3.34. The number of fused-ring (bicyclic) bond motifs is 3. The van der Waals surface area contributed by atoms with Gasteiger partial charge in [0.1, 0.15) is 0 Å². The highest BCUT2D eigenvalue weighted by molar-refractivity contribution is 6.01. The zero-order valence-electron chi connectivity index (χ0n) is 18.9. The summed E-state index contributed by atoms with van der Waals surface area (Å²) in [5.74, 6) is -2.05. The van der Waals surface area contributed by atoms with Gasteiger partial charge in [0, 0.05) is 0 Å². The lowest BCUT2D eigenvalue weighted by molar-refractivity contribution is -0.182. The molecule has 0 N–H and O–H groups in total. The van der Waals surface area contributed by atoms with Gasteiger partial charge in [-0.3, -0.25) is 19.2 Å². The van der Waals surface area contributed by atoms with Gasteiger partial charge in [0.25, 0.3) is 0 Å². The molecule has 31 heavy (non-hydrogen) atoms.